The quantitative estimate of drug-likeness (QED) is 0.714. The van der Waals surface area contributed by atoms with E-state index in [1.54, 1.807) is 12.1 Å². The summed E-state index contributed by atoms with van der Waals surface area (Å²) in [4.78, 5) is 2.26. The van der Waals surface area contributed by atoms with Gasteiger partial charge in [0, 0.05) is 12.2 Å². The Bertz CT molecular complexity index is 373. The van der Waals surface area contributed by atoms with E-state index in [-0.39, 0.29) is 5.82 Å². The third-order valence-corrected chi connectivity index (χ3v) is 2.98. The van der Waals surface area contributed by atoms with E-state index < -0.39 is 0 Å². The zero-order chi connectivity index (χ0) is 10.8. The van der Waals surface area contributed by atoms with Crippen LogP contribution in [0.3, 0.4) is 0 Å². The fraction of sp³-hybridized carbons (Fsp3) is 0.385. The van der Waals surface area contributed by atoms with Crippen molar-refractivity contribution in [2.45, 2.75) is 25.8 Å². The molecular formula is C13H16FN. The van der Waals surface area contributed by atoms with Crippen LogP contribution in [0.4, 0.5) is 4.39 Å². The maximum atomic E-state index is 13.1. The number of benzene rings is 1. The molecule has 2 heteroatoms. The van der Waals surface area contributed by atoms with Crippen LogP contribution in [-0.4, -0.2) is 11.4 Å². The van der Waals surface area contributed by atoms with Gasteiger partial charge in [-0.25, -0.2) is 4.39 Å². The smallest absolute Gasteiger partial charge is 0.123 e. The molecule has 1 aliphatic rings. The van der Waals surface area contributed by atoms with Crippen LogP contribution in [0.25, 0.3) is 0 Å². The Balaban J connectivity index is 2.26. The van der Waals surface area contributed by atoms with Crippen molar-refractivity contribution in [2.75, 3.05) is 6.54 Å². The molecule has 0 saturated carbocycles. The van der Waals surface area contributed by atoms with Crippen LogP contribution < -0.4 is 0 Å². The summed E-state index contributed by atoms with van der Waals surface area (Å²) in [5.74, 6) is -0.152. The molecule has 0 amide bonds. The van der Waals surface area contributed by atoms with Gasteiger partial charge in [0.2, 0.25) is 0 Å². The van der Waals surface area contributed by atoms with Crippen LogP contribution in [0.5, 0.6) is 0 Å². The SMILES string of the molecule is C=C(C)N1CCC[C@@H]1c1cccc(F)c1. The highest BCUT2D eigenvalue weighted by Crippen LogP contribution is 2.34. The molecule has 15 heavy (non-hydrogen) atoms. The van der Waals surface area contributed by atoms with Gasteiger partial charge in [0.05, 0.1) is 6.04 Å². The van der Waals surface area contributed by atoms with Crippen molar-refractivity contribution in [3.63, 3.8) is 0 Å². The topological polar surface area (TPSA) is 3.24 Å². The van der Waals surface area contributed by atoms with E-state index >= 15 is 0 Å². The van der Waals surface area contributed by atoms with Crippen molar-refractivity contribution in [1.29, 1.82) is 0 Å². The molecule has 0 radical (unpaired) electrons. The summed E-state index contributed by atoms with van der Waals surface area (Å²) in [5, 5.41) is 0. The molecule has 1 aromatic rings. The average Bonchev–Trinajstić information content (AvgIpc) is 2.65. The first-order chi connectivity index (χ1) is 7.18. The second-order valence-corrected chi connectivity index (χ2v) is 4.14. The highest BCUT2D eigenvalue weighted by atomic mass is 19.1. The van der Waals surface area contributed by atoms with Crippen molar-refractivity contribution in [3.05, 3.63) is 47.9 Å². The molecule has 0 spiro atoms. The standard InChI is InChI=1S/C13H16FN/c1-10(2)15-8-4-7-13(15)11-5-3-6-12(14)9-11/h3,5-6,9,13H,1,4,7-8H2,2H3/t13-/m1/s1. The van der Waals surface area contributed by atoms with Gasteiger partial charge in [-0.05, 0) is 37.5 Å². The number of nitrogens with zero attached hydrogens (tertiary/aromatic N) is 1. The lowest BCUT2D eigenvalue weighted by atomic mass is 10.0. The van der Waals surface area contributed by atoms with Crippen molar-refractivity contribution < 1.29 is 4.39 Å². The van der Waals surface area contributed by atoms with E-state index in [0.29, 0.717) is 6.04 Å². The number of rotatable bonds is 2. The van der Waals surface area contributed by atoms with Crippen LogP contribution in [-0.2, 0) is 0 Å². The first kappa shape index (κ1) is 10.2. The van der Waals surface area contributed by atoms with Gasteiger partial charge < -0.3 is 4.90 Å². The molecule has 1 aliphatic heterocycles. The molecule has 0 aromatic heterocycles. The minimum absolute atomic E-state index is 0.152. The Morgan fingerprint density at radius 1 is 1.53 bits per heavy atom. The Morgan fingerprint density at radius 3 is 3.00 bits per heavy atom. The highest BCUT2D eigenvalue weighted by molar-refractivity contribution is 5.22. The average molecular weight is 205 g/mol. The van der Waals surface area contributed by atoms with Crippen LogP contribution in [0.15, 0.2) is 36.5 Å². The molecule has 0 unspecified atom stereocenters. The van der Waals surface area contributed by atoms with Crippen molar-refractivity contribution >= 4 is 0 Å². The molecule has 1 heterocycles. The first-order valence-electron chi connectivity index (χ1n) is 5.36. The highest BCUT2D eigenvalue weighted by Gasteiger charge is 2.25. The largest absolute Gasteiger partial charge is 0.369 e. The van der Waals surface area contributed by atoms with E-state index in [4.69, 9.17) is 0 Å². The third-order valence-electron chi connectivity index (χ3n) is 2.98. The molecule has 0 N–H and O–H groups in total. The second kappa shape index (κ2) is 4.05. The van der Waals surface area contributed by atoms with Crippen LogP contribution in [0.2, 0.25) is 0 Å². The Labute approximate surface area is 90.2 Å². The first-order valence-corrected chi connectivity index (χ1v) is 5.36. The Morgan fingerprint density at radius 2 is 2.33 bits per heavy atom. The number of likely N-dealkylation sites (tertiary alicyclic amines) is 1. The summed E-state index contributed by atoms with van der Waals surface area (Å²) >= 11 is 0. The van der Waals surface area contributed by atoms with Gasteiger partial charge in [-0.2, -0.15) is 0 Å². The molecule has 2 rings (SSSR count). The number of hydrogen-bond donors (Lipinski definition) is 0. The second-order valence-electron chi connectivity index (χ2n) is 4.14. The van der Waals surface area contributed by atoms with E-state index in [2.05, 4.69) is 11.5 Å². The number of halogens is 1. The van der Waals surface area contributed by atoms with E-state index in [9.17, 15) is 4.39 Å². The predicted molar refractivity (Wildman–Crippen MR) is 59.9 cm³/mol. The zero-order valence-electron chi connectivity index (χ0n) is 9.04. The van der Waals surface area contributed by atoms with E-state index in [0.717, 1.165) is 30.6 Å². The van der Waals surface area contributed by atoms with Crippen molar-refractivity contribution in [2.24, 2.45) is 0 Å². The van der Waals surface area contributed by atoms with E-state index in [1.165, 1.54) is 6.07 Å². The fourth-order valence-corrected chi connectivity index (χ4v) is 2.28. The Hall–Kier alpha value is -1.31. The molecule has 1 aromatic carbocycles. The molecule has 0 bridgehead atoms. The predicted octanol–water partition coefficient (Wildman–Crippen LogP) is 3.50. The molecule has 1 fully saturated rings. The summed E-state index contributed by atoms with van der Waals surface area (Å²) in [7, 11) is 0. The lowest BCUT2D eigenvalue weighted by molar-refractivity contribution is 0.328. The van der Waals surface area contributed by atoms with Crippen LogP contribution in [0.1, 0.15) is 31.4 Å². The molecule has 0 aliphatic carbocycles. The minimum Gasteiger partial charge on any atom is -0.369 e. The molecule has 80 valence electrons. The monoisotopic (exact) mass is 205 g/mol. The van der Waals surface area contributed by atoms with Crippen LogP contribution in [0, 0.1) is 5.82 Å². The minimum atomic E-state index is -0.152. The third kappa shape index (κ3) is 2.04. The van der Waals surface area contributed by atoms with Gasteiger partial charge in [0.25, 0.3) is 0 Å². The lowest BCUT2D eigenvalue weighted by Crippen LogP contribution is -2.20. The maximum absolute atomic E-state index is 13.1. The van der Waals surface area contributed by atoms with Crippen LogP contribution >= 0.6 is 0 Å². The summed E-state index contributed by atoms with van der Waals surface area (Å²) in [6.07, 6.45) is 2.25. The van der Waals surface area contributed by atoms with Gasteiger partial charge in [-0.3, -0.25) is 0 Å². The molecular weight excluding hydrogens is 189 g/mol. The summed E-state index contributed by atoms with van der Waals surface area (Å²) in [5.41, 5.74) is 2.14. The lowest BCUT2D eigenvalue weighted by Gasteiger charge is -2.27. The number of allylic oxidation sites excluding steroid dienone is 1. The van der Waals surface area contributed by atoms with Gasteiger partial charge in [-0.15, -0.1) is 0 Å². The molecule has 1 nitrogen and oxygen atoms in total. The zero-order valence-corrected chi connectivity index (χ0v) is 9.04. The van der Waals surface area contributed by atoms with Gasteiger partial charge >= 0.3 is 0 Å². The van der Waals surface area contributed by atoms with Gasteiger partial charge in [0.1, 0.15) is 5.82 Å². The Kier molecular flexibility index (Phi) is 2.76. The molecule has 1 saturated heterocycles. The van der Waals surface area contributed by atoms with Crippen molar-refractivity contribution in [3.8, 4) is 0 Å². The van der Waals surface area contributed by atoms with Crippen molar-refractivity contribution in [1.82, 2.24) is 4.90 Å². The summed E-state index contributed by atoms with van der Waals surface area (Å²) in [6.45, 7) is 7.02. The maximum Gasteiger partial charge on any atom is 0.123 e. The van der Waals surface area contributed by atoms with Gasteiger partial charge in [-0.1, -0.05) is 18.7 Å². The van der Waals surface area contributed by atoms with E-state index in [1.807, 2.05) is 13.0 Å². The normalized spacial score (nSPS) is 20.7. The fourth-order valence-electron chi connectivity index (χ4n) is 2.28. The van der Waals surface area contributed by atoms with Gasteiger partial charge in [0.15, 0.2) is 0 Å². The summed E-state index contributed by atoms with van der Waals surface area (Å²) in [6, 6.07) is 7.21. The number of hydrogen-bond acceptors (Lipinski definition) is 1. The molecule has 1 atom stereocenters. The summed E-state index contributed by atoms with van der Waals surface area (Å²) < 4.78 is 13.1.